The summed E-state index contributed by atoms with van der Waals surface area (Å²) in [6.07, 6.45) is 2.79. The Balaban J connectivity index is 2.87. The monoisotopic (exact) mass is 251 g/mol. The minimum atomic E-state index is -0.848. The molecular weight excluding hydrogens is 230 g/mol. The highest BCUT2D eigenvalue weighted by Gasteiger charge is 2.30. The van der Waals surface area contributed by atoms with E-state index >= 15 is 0 Å². The molecule has 18 heavy (non-hydrogen) atoms. The normalized spacial score (nSPS) is 11.1. The first-order chi connectivity index (χ1) is 8.57. The van der Waals surface area contributed by atoms with Crippen molar-refractivity contribution >= 4 is 11.6 Å². The summed E-state index contributed by atoms with van der Waals surface area (Å²) in [5.41, 5.74) is 5.75. The van der Waals surface area contributed by atoms with Gasteiger partial charge in [-0.15, -0.1) is 0 Å². The van der Waals surface area contributed by atoms with Gasteiger partial charge < -0.3 is 15.8 Å². The van der Waals surface area contributed by atoms with Crippen molar-refractivity contribution in [1.29, 1.82) is 0 Å². The Hall–Kier alpha value is -1.62. The Bertz CT molecular complexity index is 403. The molecule has 0 aliphatic heterocycles. The number of aromatic nitrogens is 1. The molecule has 1 amide bonds. The van der Waals surface area contributed by atoms with Gasteiger partial charge in [0.1, 0.15) is 5.69 Å². The lowest BCUT2D eigenvalue weighted by atomic mass is 9.93. The van der Waals surface area contributed by atoms with Crippen LogP contribution in [0.25, 0.3) is 0 Å². The highest BCUT2D eigenvalue weighted by atomic mass is 16.5. The molecule has 0 aromatic carbocycles. The molecule has 1 aromatic heterocycles. The van der Waals surface area contributed by atoms with Crippen molar-refractivity contribution < 1.29 is 9.53 Å². The summed E-state index contributed by atoms with van der Waals surface area (Å²) < 4.78 is 5.35. The van der Waals surface area contributed by atoms with E-state index in [1.807, 2.05) is 20.8 Å². The van der Waals surface area contributed by atoms with Gasteiger partial charge in [-0.05, 0) is 31.9 Å². The lowest BCUT2D eigenvalue weighted by Crippen LogP contribution is -2.50. The molecule has 0 unspecified atom stereocenters. The Morgan fingerprint density at radius 1 is 1.44 bits per heavy atom. The van der Waals surface area contributed by atoms with E-state index in [1.54, 1.807) is 18.3 Å². The summed E-state index contributed by atoms with van der Waals surface area (Å²) in [7, 11) is 0. The molecule has 0 bridgehead atoms. The summed E-state index contributed by atoms with van der Waals surface area (Å²) >= 11 is 0. The molecule has 3 N–H and O–H groups in total. The van der Waals surface area contributed by atoms with Crippen LogP contribution in [0.3, 0.4) is 0 Å². The standard InChI is InChI=1S/C13H21N3O2/c1-4-13(14,5-2)12(17)16-10-8-7-9-15-11(10)18-6-3/h7-9H,4-6,14H2,1-3H3,(H,16,17). The zero-order valence-corrected chi connectivity index (χ0v) is 11.2. The minimum Gasteiger partial charge on any atom is -0.476 e. The van der Waals surface area contributed by atoms with Crippen LogP contribution in [0, 0.1) is 0 Å². The van der Waals surface area contributed by atoms with E-state index in [0.717, 1.165) is 0 Å². The highest BCUT2D eigenvalue weighted by molar-refractivity contribution is 5.98. The molecule has 0 atom stereocenters. The van der Waals surface area contributed by atoms with Crippen LogP contribution in [0.15, 0.2) is 18.3 Å². The van der Waals surface area contributed by atoms with Crippen molar-refractivity contribution in [3.63, 3.8) is 0 Å². The topological polar surface area (TPSA) is 77.2 Å². The predicted molar refractivity (Wildman–Crippen MR) is 71.5 cm³/mol. The third-order valence-corrected chi connectivity index (χ3v) is 3.01. The molecule has 1 rings (SSSR count). The number of hydrogen-bond acceptors (Lipinski definition) is 4. The first-order valence-electron chi connectivity index (χ1n) is 6.25. The molecule has 100 valence electrons. The van der Waals surface area contributed by atoms with E-state index in [9.17, 15) is 4.79 Å². The maximum atomic E-state index is 12.1. The van der Waals surface area contributed by atoms with Crippen LogP contribution < -0.4 is 15.8 Å². The number of nitrogens with two attached hydrogens (primary N) is 1. The number of amides is 1. The van der Waals surface area contributed by atoms with E-state index in [-0.39, 0.29) is 5.91 Å². The summed E-state index contributed by atoms with van der Waals surface area (Å²) in [6.45, 7) is 6.16. The average molecular weight is 251 g/mol. The number of nitrogens with zero attached hydrogens (tertiary/aromatic N) is 1. The van der Waals surface area contributed by atoms with Crippen LogP contribution >= 0.6 is 0 Å². The van der Waals surface area contributed by atoms with Gasteiger partial charge in [-0.25, -0.2) is 4.98 Å². The molecule has 0 fully saturated rings. The molecule has 5 nitrogen and oxygen atoms in total. The van der Waals surface area contributed by atoms with Gasteiger partial charge in [-0.1, -0.05) is 13.8 Å². The van der Waals surface area contributed by atoms with Gasteiger partial charge in [0.15, 0.2) is 0 Å². The Kier molecular flexibility index (Phi) is 5.09. The third kappa shape index (κ3) is 3.20. The van der Waals surface area contributed by atoms with Gasteiger partial charge in [-0.3, -0.25) is 4.79 Å². The van der Waals surface area contributed by atoms with Gasteiger partial charge in [-0.2, -0.15) is 0 Å². The van der Waals surface area contributed by atoms with Gasteiger partial charge >= 0.3 is 0 Å². The molecule has 0 spiro atoms. The first-order valence-corrected chi connectivity index (χ1v) is 6.25. The maximum Gasteiger partial charge on any atom is 0.244 e. The Morgan fingerprint density at radius 3 is 2.67 bits per heavy atom. The fourth-order valence-electron chi connectivity index (χ4n) is 1.56. The molecule has 1 aromatic rings. The van der Waals surface area contributed by atoms with Crippen molar-refractivity contribution in [3.8, 4) is 5.88 Å². The number of anilines is 1. The number of rotatable bonds is 6. The molecule has 5 heteroatoms. The number of nitrogens with one attached hydrogen (secondary N) is 1. The second-order valence-electron chi connectivity index (χ2n) is 4.11. The van der Waals surface area contributed by atoms with Crippen LogP contribution in [-0.4, -0.2) is 23.0 Å². The number of ether oxygens (including phenoxy) is 1. The zero-order chi connectivity index (χ0) is 13.6. The van der Waals surface area contributed by atoms with E-state index in [2.05, 4.69) is 10.3 Å². The minimum absolute atomic E-state index is 0.207. The first kappa shape index (κ1) is 14.4. The van der Waals surface area contributed by atoms with Crippen LogP contribution in [-0.2, 0) is 4.79 Å². The van der Waals surface area contributed by atoms with Crippen molar-refractivity contribution in [2.24, 2.45) is 5.73 Å². The van der Waals surface area contributed by atoms with E-state index in [1.165, 1.54) is 0 Å². The van der Waals surface area contributed by atoms with Crippen molar-refractivity contribution in [3.05, 3.63) is 18.3 Å². The molecular formula is C13H21N3O2. The Morgan fingerprint density at radius 2 is 2.11 bits per heavy atom. The second-order valence-corrected chi connectivity index (χ2v) is 4.11. The maximum absolute atomic E-state index is 12.1. The van der Waals surface area contributed by atoms with Crippen LogP contribution in [0.4, 0.5) is 5.69 Å². The van der Waals surface area contributed by atoms with Crippen LogP contribution in [0.2, 0.25) is 0 Å². The molecule has 0 radical (unpaired) electrons. The van der Waals surface area contributed by atoms with Gasteiger partial charge in [0.25, 0.3) is 0 Å². The van der Waals surface area contributed by atoms with Crippen LogP contribution in [0.1, 0.15) is 33.6 Å². The SMILES string of the molecule is CCOc1ncccc1NC(=O)C(N)(CC)CC. The molecule has 0 saturated heterocycles. The van der Waals surface area contributed by atoms with Gasteiger partial charge in [0, 0.05) is 6.20 Å². The summed E-state index contributed by atoms with van der Waals surface area (Å²) in [5.74, 6) is 0.212. The molecule has 1 heterocycles. The van der Waals surface area contributed by atoms with Crippen molar-refractivity contribution in [2.45, 2.75) is 39.2 Å². The lowest BCUT2D eigenvalue weighted by molar-refractivity contribution is -0.121. The van der Waals surface area contributed by atoms with Crippen molar-refractivity contribution in [2.75, 3.05) is 11.9 Å². The highest BCUT2D eigenvalue weighted by Crippen LogP contribution is 2.22. The number of carbonyl (C=O) groups is 1. The Labute approximate surface area is 108 Å². The van der Waals surface area contributed by atoms with Gasteiger partial charge in [0.05, 0.1) is 12.1 Å². The molecule has 0 aliphatic rings. The summed E-state index contributed by atoms with van der Waals surface area (Å²) in [6, 6.07) is 3.50. The quantitative estimate of drug-likeness (QED) is 0.810. The number of carbonyl (C=O) groups excluding carboxylic acids is 1. The van der Waals surface area contributed by atoms with E-state index in [4.69, 9.17) is 10.5 Å². The third-order valence-electron chi connectivity index (χ3n) is 3.01. The fourth-order valence-corrected chi connectivity index (χ4v) is 1.56. The lowest BCUT2D eigenvalue weighted by Gasteiger charge is -2.25. The van der Waals surface area contributed by atoms with E-state index < -0.39 is 5.54 Å². The van der Waals surface area contributed by atoms with Crippen LogP contribution in [0.5, 0.6) is 5.88 Å². The second kappa shape index (κ2) is 6.35. The molecule has 0 saturated carbocycles. The summed E-state index contributed by atoms with van der Waals surface area (Å²) in [5, 5.41) is 2.79. The van der Waals surface area contributed by atoms with Crippen molar-refractivity contribution in [1.82, 2.24) is 4.98 Å². The zero-order valence-electron chi connectivity index (χ0n) is 11.2. The largest absolute Gasteiger partial charge is 0.476 e. The van der Waals surface area contributed by atoms with E-state index in [0.29, 0.717) is 31.0 Å². The fraction of sp³-hybridized carbons (Fsp3) is 0.538. The smallest absolute Gasteiger partial charge is 0.244 e. The average Bonchev–Trinajstić information content (AvgIpc) is 2.40. The molecule has 0 aliphatic carbocycles. The number of hydrogen-bond donors (Lipinski definition) is 2. The van der Waals surface area contributed by atoms with Gasteiger partial charge in [0.2, 0.25) is 11.8 Å². The summed E-state index contributed by atoms with van der Waals surface area (Å²) in [4.78, 5) is 16.2. The predicted octanol–water partition coefficient (Wildman–Crippen LogP) is 1.94. The number of pyridine rings is 1.